The molecule has 7 heteroatoms. The molecule has 3 amide bonds. The lowest BCUT2D eigenvalue weighted by molar-refractivity contribution is -0.148. The highest BCUT2D eigenvalue weighted by Gasteiger charge is 2.45. The Morgan fingerprint density at radius 3 is 2.21 bits per heavy atom. The maximum Gasteiger partial charge on any atom is 0.329 e. The fourth-order valence-corrected chi connectivity index (χ4v) is 1.90. The van der Waals surface area contributed by atoms with E-state index < -0.39 is 23.0 Å². The number of carboxylic acid groups (broad SMARTS) is 1. The van der Waals surface area contributed by atoms with Gasteiger partial charge in [-0.3, -0.25) is 4.79 Å². The van der Waals surface area contributed by atoms with Gasteiger partial charge in [-0.15, -0.1) is 0 Å². The quantitative estimate of drug-likeness (QED) is 0.567. The molecule has 1 aliphatic carbocycles. The molecule has 1 saturated carbocycles. The topological polar surface area (TPSA) is 108 Å². The molecule has 0 aromatic rings. The summed E-state index contributed by atoms with van der Waals surface area (Å²) in [6, 6.07) is -0.556. The van der Waals surface area contributed by atoms with Crippen molar-refractivity contribution in [2.75, 3.05) is 13.6 Å². The lowest BCUT2D eigenvalue weighted by atomic mass is 9.77. The van der Waals surface area contributed by atoms with Crippen molar-refractivity contribution < 1.29 is 19.5 Å². The van der Waals surface area contributed by atoms with E-state index in [0.29, 0.717) is 12.8 Å². The summed E-state index contributed by atoms with van der Waals surface area (Å²) in [5.74, 6) is -1.20. The van der Waals surface area contributed by atoms with Crippen molar-refractivity contribution >= 4 is 17.9 Å². The predicted molar refractivity (Wildman–Crippen MR) is 68.6 cm³/mol. The zero-order chi connectivity index (χ0) is 14.7. The van der Waals surface area contributed by atoms with Crippen LogP contribution in [0, 0.1) is 5.41 Å². The monoisotopic (exact) mass is 271 g/mol. The van der Waals surface area contributed by atoms with Crippen molar-refractivity contribution in [2.24, 2.45) is 5.41 Å². The summed E-state index contributed by atoms with van der Waals surface area (Å²) in [6.07, 6.45) is 1.67. The number of hydrogen-bond acceptors (Lipinski definition) is 3. The van der Waals surface area contributed by atoms with Gasteiger partial charge < -0.3 is 21.1 Å². The number of carbonyl (C=O) groups is 3. The zero-order valence-corrected chi connectivity index (χ0v) is 11.5. The highest BCUT2D eigenvalue weighted by atomic mass is 16.4. The summed E-state index contributed by atoms with van der Waals surface area (Å²) in [5.41, 5.74) is -1.89. The molecule has 0 radical (unpaired) electrons. The molecule has 0 aromatic heterocycles. The molecule has 7 nitrogen and oxygen atoms in total. The number of carbonyl (C=O) groups excluding carboxylic acids is 2. The number of carboxylic acids is 1. The van der Waals surface area contributed by atoms with Crippen molar-refractivity contribution in [3.05, 3.63) is 0 Å². The molecule has 1 aliphatic rings. The summed E-state index contributed by atoms with van der Waals surface area (Å²) < 4.78 is 0. The van der Waals surface area contributed by atoms with Crippen LogP contribution in [0.25, 0.3) is 0 Å². The van der Waals surface area contributed by atoms with Gasteiger partial charge in [0, 0.05) is 13.6 Å². The van der Waals surface area contributed by atoms with Gasteiger partial charge in [-0.2, -0.15) is 0 Å². The molecular weight excluding hydrogens is 250 g/mol. The Morgan fingerprint density at radius 1 is 1.26 bits per heavy atom. The Kier molecular flexibility index (Phi) is 4.39. The third kappa shape index (κ3) is 3.36. The van der Waals surface area contributed by atoms with Crippen LogP contribution in [0.4, 0.5) is 4.79 Å². The number of amides is 3. The molecule has 0 heterocycles. The lowest BCUT2D eigenvalue weighted by Gasteiger charge is -2.38. The minimum absolute atomic E-state index is 0.133. The molecule has 1 rings (SSSR count). The molecule has 108 valence electrons. The van der Waals surface area contributed by atoms with Crippen LogP contribution in [-0.2, 0) is 9.59 Å². The molecule has 1 fully saturated rings. The molecule has 19 heavy (non-hydrogen) atoms. The van der Waals surface area contributed by atoms with E-state index in [1.54, 1.807) is 13.8 Å². The maximum absolute atomic E-state index is 11.7. The van der Waals surface area contributed by atoms with E-state index in [2.05, 4.69) is 16.0 Å². The van der Waals surface area contributed by atoms with E-state index in [4.69, 9.17) is 5.11 Å². The van der Waals surface area contributed by atoms with Gasteiger partial charge in [0.25, 0.3) is 0 Å². The molecule has 0 unspecified atom stereocenters. The standard InChI is InChI=1S/C12H21N3O4/c1-11(2,8(16)13-3)7-14-10(19)15-12(9(17)18)5-4-6-12/h4-7H2,1-3H3,(H,13,16)(H,17,18)(H2,14,15,19). The highest BCUT2D eigenvalue weighted by molar-refractivity contribution is 5.87. The largest absolute Gasteiger partial charge is 0.480 e. The average molecular weight is 271 g/mol. The Bertz CT molecular complexity index is 388. The van der Waals surface area contributed by atoms with Gasteiger partial charge in [-0.1, -0.05) is 0 Å². The van der Waals surface area contributed by atoms with Crippen molar-refractivity contribution in [3.63, 3.8) is 0 Å². The smallest absolute Gasteiger partial charge is 0.329 e. The van der Waals surface area contributed by atoms with Crippen LogP contribution in [0.1, 0.15) is 33.1 Å². The first-order valence-electron chi connectivity index (χ1n) is 6.25. The molecule has 0 spiro atoms. The Hall–Kier alpha value is -1.79. The lowest BCUT2D eigenvalue weighted by Crippen LogP contribution is -2.61. The van der Waals surface area contributed by atoms with Crippen molar-refractivity contribution in [1.82, 2.24) is 16.0 Å². The van der Waals surface area contributed by atoms with Crippen LogP contribution < -0.4 is 16.0 Å². The van der Waals surface area contributed by atoms with Crippen LogP contribution in [0.15, 0.2) is 0 Å². The minimum Gasteiger partial charge on any atom is -0.480 e. The normalized spacial score (nSPS) is 17.0. The zero-order valence-electron chi connectivity index (χ0n) is 11.5. The summed E-state index contributed by atoms with van der Waals surface area (Å²) in [6.45, 7) is 3.53. The van der Waals surface area contributed by atoms with Gasteiger partial charge in [0.05, 0.1) is 5.41 Å². The molecule has 0 atom stereocenters. The van der Waals surface area contributed by atoms with Gasteiger partial charge >= 0.3 is 12.0 Å². The van der Waals surface area contributed by atoms with Crippen LogP contribution in [0.2, 0.25) is 0 Å². The first-order chi connectivity index (χ1) is 8.73. The van der Waals surface area contributed by atoms with E-state index in [-0.39, 0.29) is 12.5 Å². The van der Waals surface area contributed by atoms with E-state index in [1.165, 1.54) is 7.05 Å². The number of hydrogen-bond donors (Lipinski definition) is 4. The van der Waals surface area contributed by atoms with Crippen molar-refractivity contribution in [2.45, 2.75) is 38.6 Å². The number of rotatable bonds is 5. The second-order valence-electron chi connectivity index (χ2n) is 5.51. The molecule has 0 saturated heterocycles. The summed E-state index contributed by atoms with van der Waals surface area (Å²) in [7, 11) is 1.53. The highest BCUT2D eigenvalue weighted by Crippen LogP contribution is 2.31. The fraction of sp³-hybridized carbons (Fsp3) is 0.750. The van der Waals surface area contributed by atoms with E-state index in [9.17, 15) is 14.4 Å². The third-order valence-corrected chi connectivity index (χ3v) is 3.50. The van der Waals surface area contributed by atoms with E-state index >= 15 is 0 Å². The second-order valence-corrected chi connectivity index (χ2v) is 5.51. The summed E-state index contributed by atoms with van der Waals surface area (Å²) in [4.78, 5) is 34.3. The predicted octanol–water partition coefficient (Wildman–Crippen LogP) is 0.0651. The fourth-order valence-electron chi connectivity index (χ4n) is 1.90. The third-order valence-electron chi connectivity index (χ3n) is 3.50. The molecular formula is C12H21N3O4. The van der Waals surface area contributed by atoms with E-state index in [0.717, 1.165) is 6.42 Å². The Labute approximate surface area is 112 Å². The second kappa shape index (κ2) is 5.46. The number of nitrogens with one attached hydrogen (secondary N) is 3. The Morgan fingerprint density at radius 2 is 1.84 bits per heavy atom. The van der Waals surface area contributed by atoms with Crippen LogP contribution in [-0.4, -0.2) is 42.1 Å². The van der Waals surface area contributed by atoms with Gasteiger partial charge in [0.2, 0.25) is 5.91 Å². The van der Waals surface area contributed by atoms with Crippen molar-refractivity contribution in [1.29, 1.82) is 0 Å². The first-order valence-corrected chi connectivity index (χ1v) is 6.25. The summed E-state index contributed by atoms with van der Waals surface area (Å²) >= 11 is 0. The van der Waals surface area contributed by atoms with E-state index in [1.807, 2.05) is 0 Å². The number of urea groups is 1. The molecule has 0 bridgehead atoms. The van der Waals surface area contributed by atoms with Gasteiger partial charge in [0.1, 0.15) is 5.54 Å². The molecule has 4 N–H and O–H groups in total. The maximum atomic E-state index is 11.7. The molecule has 0 aliphatic heterocycles. The van der Waals surface area contributed by atoms with Crippen molar-refractivity contribution in [3.8, 4) is 0 Å². The van der Waals surface area contributed by atoms with Gasteiger partial charge in [-0.05, 0) is 33.1 Å². The Balaban J connectivity index is 2.48. The summed E-state index contributed by atoms with van der Waals surface area (Å²) in [5, 5.41) is 16.6. The number of aliphatic carboxylic acids is 1. The van der Waals surface area contributed by atoms with Crippen LogP contribution >= 0.6 is 0 Å². The van der Waals surface area contributed by atoms with Crippen LogP contribution in [0.5, 0.6) is 0 Å². The SMILES string of the molecule is CNC(=O)C(C)(C)CNC(=O)NC1(C(=O)O)CCC1. The first kappa shape index (κ1) is 15.3. The van der Waals surface area contributed by atoms with Gasteiger partial charge in [0.15, 0.2) is 0 Å². The average Bonchev–Trinajstić information content (AvgIpc) is 2.29. The minimum atomic E-state index is -1.14. The van der Waals surface area contributed by atoms with Gasteiger partial charge in [-0.25, -0.2) is 9.59 Å². The van der Waals surface area contributed by atoms with Crippen LogP contribution in [0.3, 0.4) is 0 Å². The molecule has 0 aromatic carbocycles.